The summed E-state index contributed by atoms with van der Waals surface area (Å²) >= 11 is 1.65. The van der Waals surface area contributed by atoms with Crippen LogP contribution in [0.15, 0.2) is 41.7 Å². The van der Waals surface area contributed by atoms with E-state index in [1.54, 1.807) is 11.8 Å². The molecule has 0 saturated carbocycles. The van der Waals surface area contributed by atoms with Gasteiger partial charge >= 0.3 is 0 Å². The van der Waals surface area contributed by atoms with Crippen molar-refractivity contribution in [2.24, 2.45) is 0 Å². The summed E-state index contributed by atoms with van der Waals surface area (Å²) in [6.07, 6.45) is 3.05. The molecule has 1 saturated heterocycles. The molecule has 1 aliphatic heterocycles. The van der Waals surface area contributed by atoms with Crippen molar-refractivity contribution in [1.82, 2.24) is 25.1 Å². The fraction of sp³-hybridized carbons (Fsp3) is 0.478. The molecule has 4 rings (SSSR count). The third-order valence-electron chi connectivity index (χ3n) is 5.24. The van der Waals surface area contributed by atoms with Gasteiger partial charge in [-0.05, 0) is 12.0 Å². The lowest BCUT2D eigenvalue weighted by Gasteiger charge is -2.28. The van der Waals surface area contributed by atoms with Gasteiger partial charge in [0.1, 0.15) is 5.82 Å². The lowest BCUT2D eigenvalue weighted by atomic mass is 10.1. The number of ether oxygens (including phenoxy) is 1. The molecule has 1 amide bonds. The predicted molar refractivity (Wildman–Crippen MR) is 127 cm³/mol. The van der Waals surface area contributed by atoms with Gasteiger partial charge in [-0.2, -0.15) is 5.10 Å². The summed E-state index contributed by atoms with van der Waals surface area (Å²) in [6.45, 7) is 8.34. The fourth-order valence-corrected chi connectivity index (χ4v) is 4.36. The zero-order valence-corrected chi connectivity index (χ0v) is 19.5. The van der Waals surface area contributed by atoms with Crippen molar-refractivity contribution >= 4 is 34.5 Å². The van der Waals surface area contributed by atoms with E-state index in [1.165, 1.54) is 5.56 Å². The summed E-state index contributed by atoms with van der Waals surface area (Å²) in [5.41, 5.74) is 1.98. The number of benzene rings is 1. The molecule has 9 heteroatoms. The zero-order chi connectivity index (χ0) is 22.3. The van der Waals surface area contributed by atoms with E-state index in [0.29, 0.717) is 38.0 Å². The van der Waals surface area contributed by atoms with E-state index in [4.69, 9.17) is 14.7 Å². The summed E-state index contributed by atoms with van der Waals surface area (Å²) in [5, 5.41) is 9.64. The van der Waals surface area contributed by atoms with Crippen LogP contribution in [0.3, 0.4) is 0 Å². The number of nitrogens with one attached hydrogen (secondary N) is 1. The Hall–Kier alpha value is -2.65. The Morgan fingerprint density at radius 1 is 1.19 bits per heavy atom. The molecule has 1 N–H and O–H groups in total. The van der Waals surface area contributed by atoms with Gasteiger partial charge < -0.3 is 15.0 Å². The maximum atomic E-state index is 12.3. The molecule has 0 atom stereocenters. The minimum absolute atomic E-state index is 0.0463. The van der Waals surface area contributed by atoms with Gasteiger partial charge in [0.2, 0.25) is 5.91 Å². The van der Waals surface area contributed by atoms with Crippen molar-refractivity contribution in [3.05, 3.63) is 42.1 Å². The van der Waals surface area contributed by atoms with Crippen molar-refractivity contribution in [1.29, 1.82) is 0 Å². The average Bonchev–Trinajstić information content (AvgIpc) is 3.21. The van der Waals surface area contributed by atoms with Crippen molar-refractivity contribution in [3.63, 3.8) is 0 Å². The van der Waals surface area contributed by atoms with E-state index in [9.17, 15) is 4.79 Å². The van der Waals surface area contributed by atoms with Crippen LogP contribution in [0.25, 0.3) is 11.0 Å². The first-order valence-corrected chi connectivity index (χ1v) is 12.0. The van der Waals surface area contributed by atoms with Gasteiger partial charge in [0.05, 0.1) is 31.3 Å². The van der Waals surface area contributed by atoms with Crippen LogP contribution >= 0.6 is 11.8 Å². The van der Waals surface area contributed by atoms with Crippen molar-refractivity contribution in [2.75, 3.05) is 37.7 Å². The second-order valence-electron chi connectivity index (χ2n) is 8.04. The number of amides is 1. The number of anilines is 1. The number of rotatable bonds is 9. The predicted octanol–water partition coefficient (Wildman–Crippen LogP) is 2.91. The average molecular weight is 455 g/mol. The number of fused-ring (bicyclic) bond motifs is 1. The highest BCUT2D eigenvalue weighted by Gasteiger charge is 2.20. The van der Waals surface area contributed by atoms with Crippen LogP contribution < -0.4 is 10.2 Å². The molecule has 0 unspecified atom stereocenters. The van der Waals surface area contributed by atoms with E-state index < -0.39 is 0 Å². The van der Waals surface area contributed by atoms with Crippen molar-refractivity contribution in [2.45, 2.75) is 43.6 Å². The van der Waals surface area contributed by atoms with E-state index in [-0.39, 0.29) is 5.91 Å². The smallest absolute Gasteiger partial charge is 0.220 e. The highest BCUT2D eigenvalue weighted by molar-refractivity contribution is 7.99. The van der Waals surface area contributed by atoms with Gasteiger partial charge in [0.25, 0.3) is 0 Å². The Morgan fingerprint density at radius 3 is 2.72 bits per heavy atom. The number of carbonyl (C=O) groups excluding carboxylic acids is 1. The number of morpholine rings is 1. The highest BCUT2D eigenvalue weighted by Crippen LogP contribution is 2.29. The fourth-order valence-electron chi connectivity index (χ4n) is 3.66. The first kappa shape index (κ1) is 22.5. The molecule has 3 heterocycles. The van der Waals surface area contributed by atoms with E-state index in [0.717, 1.165) is 41.5 Å². The van der Waals surface area contributed by atoms with Crippen LogP contribution in [-0.2, 0) is 22.5 Å². The van der Waals surface area contributed by atoms with Crippen LogP contribution in [0, 0.1) is 0 Å². The van der Waals surface area contributed by atoms with Crippen LogP contribution in [0.1, 0.15) is 25.8 Å². The van der Waals surface area contributed by atoms with Gasteiger partial charge in [-0.15, -0.1) is 0 Å². The Morgan fingerprint density at radius 2 is 1.97 bits per heavy atom. The van der Waals surface area contributed by atoms with Crippen LogP contribution in [0.2, 0.25) is 0 Å². The van der Waals surface area contributed by atoms with Gasteiger partial charge in [-0.3, -0.25) is 4.79 Å². The number of aromatic nitrogens is 4. The first-order valence-electron chi connectivity index (χ1n) is 11.1. The van der Waals surface area contributed by atoms with Gasteiger partial charge in [-0.1, -0.05) is 55.9 Å². The summed E-state index contributed by atoms with van der Waals surface area (Å²) in [5.74, 6) is 0.963. The molecule has 0 radical (unpaired) electrons. The number of hydrogen-bond donors (Lipinski definition) is 1. The Bertz CT molecular complexity index is 1030. The van der Waals surface area contributed by atoms with Crippen molar-refractivity contribution in [3.8, 4) is 0 Å². The minimum atomic E-state index is 0.0463. The van der Waals surface area contributed by atoms with E-state index >= 15 is 0 Å². The third-order valence-corrected chi connectivity index (χ3v) is 6.10. The molecule has 2 aromatic heterocycles. The standard InChI is InChI=1S/C23H30N6O2S/c1-17(2)32-23-26-21(28-12-14-31-15-13-28)19-16-25-29(22(19)27-23)11-10-24-20(30)9-8-18-6-4-3-5-7-18/h3-7,16-17H,8-15H2,1-2H3,(H,24,30). The third kappa shape index (κ3) is 5.77. The molecule has 0 spiro atoms. The van der Waals surface area contributed by atoms with Crippen LogP contribution in [-0.4, -0.2) is 63.8 Å². The Labute approximate surface area is 192 Å². The molecule has 0 aliphatic carbocycles. The van der Waals surface area contributed by atoms with E-state index in [2.05, 4.69) is 29.2 Å². The minimum Gasteiger partial charge on any atom is -0.378 e. The highest BCUT2D eigenvalue weighted by atomic mass is 32.2. The molecule has 32 heavy (non-hydrogen) atoms. The largest absolute Gasteiger partial charge is 0.378 e. The van der Waals surface area contributed by atoms with Crippen LogP contribution in [0.5, 0.6) is 0 Å². The molecule has 1 aliphatic rings. The van der Waals surface area contributed by atoms with Crippen molar-refractivity contribution < 1.29 is 9.53 Å². The molecule has 0 bridgehead atoms. The number of thioether (sulfide) groups is 1. The summed E-state index contributed by atoms with van der Waals surface area (Å²) in [7, 11) is 0. The summed E-state index contributed by atoms with van der Waals surface area (Å²) < 4.78 is 7.37. The molecular formula is C23H30N6O2S. The summed E-state index contributed by atoms with van der Waals surface area (Å²) in [4.78, 5) is 24.1. The maximum Gasteiger partial charge on any atom is 0.220 e. The Kier molecular flexibility index (Phi) is 7.59. The van der Waals surface area contributed by atoms with Gasteiger partial charge in [-0.25, -0.2) is 14.6 Å². The second-order valence-corrected chi connectivity index (χ2v) is 9.58. The molecule has 1 aromatic carbocycles. The normalized spacial score (nSPS) is 14.3. The van der Waals surface area contributed by atoms with Crippen LogP contribution in [0.4, 0.5) is 5.82 Å². The number of aryl methyl sites for hydroxylation is 1. The number of nitrogens with zero attached hydrogens (tertiary/aromatic N) is 5. The lowest BCUT2D eigenvalue weighted by Crippen LogP contribution is -2.37. The topological polar surface area (TPSA) is 85.2 Å². The molecule has 170 valence electrons. The van der Waals surface area contributed by atoms with E-state index in [1.807, 2.05) is 41.2 Å². The SMILES string of the molecule is CC(C)Sc1nc(N2CCOCC2)c2cnn(CCNC(=O)CCc3ccccc3)c2n1. The first-order chi connectivity index (χ1) is 15.6. The number of hydrogen-bond acceptors (Lipinski definition) is 7. The molecular weight excluding hydrogens is 424 g/mol. The maximum absolute atomic E-state index is 12.3. The molecule has 1 fully saturated rings. The molecule has 3 aromatic rings. The zero-order valence-electron chi connectivity index (χ0n) is 18.7. The number of carbonyl (C=O) groups is 1. The molecule has 8 nitrogen and oxygen atoms in total. The lowest BCUT2D eigenvalue weighted by molar-refractivity contribution is -0.121. The van der Waals surface area contributed by atoms with Gasteiger partial charge in [0, 0.05) is 31.3 Å². The monoisotopic (exact) mass is 454 g/mol. The quantitative estimate of drug-likeness (QED) is 0.393. The Balaban J connectivity index is 1.43. The second kappa shape index (κ2) is 10.8. The van der Waals surface area contributed by atoms with Gasteiger partial charge in [0.15, 0.2) is 10.8 Å². The summed E-state index contributed by atoms with van der Waals surface area (Å²) in [6, 6.07) is 10.1.